The van der Waals surface area contributed by atoms with E-state index >= 15 is 0 Å². The molecule has 213 valence electrons. The van der Waals surface area contributed by atoms with Gasteiger partial charge in [-0.2, -0.15) is 0 Å². The van der Waals surface area contributed by atoms with Crippen LogP contribution in [0, 0.1) is 6.92 Å². The van der Waals surface area contributed by atoms with E-state index in [1.54, 1.807) is 13.9 Å². The van der Waals surface area contributed by atoms with Crippen LogP contribution in [0.2, 0.25) is 0 Å². The molecule has 0 amide bonds. The van der Waals surface area contributed by atoms with E-state index in [9.17, 15) is 19.2 Å². The molecule has 1 radical (unpaired) electrons. The van der Waals surface area contributed by atoms with Gasteiger partial charge in [0.2, 0.25) is 0 Å². The van der Waals surface area contributed by atoms with Crippen LogP contribution in [-0.2, 0) is 19.0 Å². The SMILES string of the molecule is CC(=O)O[C@H]1C[C@H](n2cc(C)c(=O)[nH]c2=O)O[C@@H]1COC(=O)[B][P+](c1ccccc1)(c1ccccc1)c1ccccc1. The molecule has 0 spiro atoms. The Morgan fingerprint density at radius 1 is 0.929 bits per heavy atom. The van der Waals surface area contributed by atoms with Crippen molar-refractivity contribution in [3.63, 3.8) is 0 Å². The number of nitrogens with zero attached hydrogens (tertiary/aromatic N) is 1. The first-order valence-electron chi connectivity index (χ1n) is 13.5. The molecule has 1 fully saturated rings. The average Bonchev–Trinajstić information content (AvgIpc) is 3.39. The fraction of sp³-hybridized carbons (Fsp3) is 0.226. The molecule has 9 nitrogen and oxygen atoms in total. The number of ether oxygens (including phenoxy) is 3. The van der Waals surface area contributed by atoms with Gasteiger partial charge in [-0.25, -0.2) is 4.79 Å². The first-order chi connectivity index (χ1) is 20.3. The van der Waals surface area contributed by atoms with E-state index in [1.165, 1.54) is 17.7 Å². The van der Waals surface area contributed by atoms with Crippen molar-refractivity contribution in [3.05, 3.63) is 124 Å². The average molecular weight is 584 g/mol. The summed E-state index contributed by atoms with van der Waals surface area (Å²) in [5.74, 6) is -1.08. The zero-order chi connectivity index (χ0) is 29.7. The fourth-order valence-electron chi connectivity index (χ4n) is 5.18. The molecule has 5 rings (SSSR count). The molecule has 3 atom stereocenters. The standard InChI is InChI=1S/C31H30BN2O7P/c1-21-19-34(31(38)33-29(21)36)28-18-26(40-22(2)35)27(41-28)20-39-30(37)32-42(23-12-6-3-7-13-23,24-14-8-4-9-15-24)25-16-10-5-11-17-25/h3-17,19,26-28H,18,20H2,1-2H3,(H,33,36,38)/q+1/t26-,27+,28+/m0/s1. The Hall–Kier alpha value is -4.27. The predicted molar refractivity (Wildman–Crippen MR) is 162 cm³/mol. The molecule has 3 aromatic carbocycles. The quantitative estimate of drug-likeness (QED) is 0.183. The minimum atomic E-state index is -2.59. The number of nitrogens with one attached hydrogen (secondary N) is 1. The number of esters is 1. The Morgan fingerprint density at radius 2 is 1.45 bits per heavy atom. The summed E-state index contributed by atoms with van der Waals surface area (Å²) >= 11 is 0. The highest BCUT2D eigenvalue weighted by Crippen LogP contribution is 2.53. The van der Waals surface area contributed by atoms with Gasteiger partial charge < -0.3 is 14.2 Å². The molecule has 0 saturated carbocycles. The van der Waals surface area contributed by atoms with E-state index in [-0.39, 0.29) is 13.0 Å². The molecule has 0 bridgehead atoms. The molecule has 1 N–H and O–H groups in total. The van der Waals surface area contributed by atoms with Crippen LogP contribution in [0.1, 0.15) is 25.1 Å². The van der Waals surface area contributed by atoms with E-state index < -0.39 is 48.7 Å². The number of hydrogen-bond donors (Lipinski definition) is 1. The lowest BCUT2D eigenvalue weighted by Crippen LogP contribution is -2.39. The smallest absolute Gasteiger partial charge is 0.467 e. The largest absolute Gasteiger partial charge is 0.511 e. The van der Waals surface area contributed by atoms with Gasteiger partial charge in [-0.15, -0.1) is 0 Å². The highest BCUT2D eigenvalue weighted by molar-refractivity contribution is 8.18. The number of carbonyl (C=O) groups is 2. The first-order valence-corrected chi connectivity index (χ1v) is 15.4. The maximum Gasteiger partial charge on any atom is 0.511 e. The number of aromatic nitrogens is 2. The zero-order valence-electron chi connectivity index (χ0n) is 23.2. The van der Waals surface area contributed by atoms with Crippen LogP contribution in [0.3, 0.4) is 0 Å². The summed E-state index contributed by atoms with van der Waals surface area (Å²) in [6.07, 6.45) is -0.873. The second kappa shape index (κ2) is 12.7. The van der Waals surface area contributed by atoms with Crippen molar-refractivity contribution in [2.24, 2.45) is 0 Å². The minimum Gasteiger partial charge on any atom is -0.467 e. The predicted octanol–water partition coefficient (Wildman–Crippen LogP) is 2.81. The van der Waals surface area contributed by atoms with Crippen molar-refractivity contribution >= 4 is 41.9 Å². The van der Waals surface area contributed by atoms with Gasteiger partial charge in [0.15, 0.2) is 0 Å². The number of hydrogen-bond acceptors (Lipinski definition) is 7. The molecule has 42 heavy (non-hydrogen) atoms. The summed E-state index contributed by atoms with van der Waals surface area (Å²) < 4.78 is 18.6. The van der Waals surface area contributed by atoms with Crippen molar-refractivity contribution in [2.75, 3.05) is 6.61 Å². The molecule has 11 heteroatoms. The van der Waals surface area contributed by atoms with E-state index in [4.69, 9.17) is 14.2 Å². The molecular formula is C31H30BN2O7P+. The van der Waals surface area contributed by atoms with Crippen LogP contribution >= 0.6 is 7.14 Å². The topological polar surface area (TPSA) is 117 Å². The summed E-state index contributed by atoms with van der Waals surface area (Å²) in [6, 6.07) is 29.6. The van der Waals surface area contributed by atoms with E-state index in [2.05, 4.69) is 4.98 Å². The third-order valence-corrected chi connectivity index (χ3v) is 11.1. The van der Waals surface area contributed by atoms with E-state index in [0.29, 0.717) is 5.56 Å². The summed E-state index contributed by atoms with van der Waals surface area (Å²) in [7, 11) is -2.59. The maximum atomic E-state index is 13.6. The van der Waals surface area contributed by atoms with Gasteiger partial charge in [0.1, 0.15) is 25.0 Å². The molecule has 1 aliphatic heterocycles. The van der Waals surface area contributed by atoms with Gasteiger partial charge in [0, 0.05) is 25.1 Å². The maximum absolute atomic E-state index is 13.6. The number of aromatic amines is 1. The van der Waals surface area contributed by atoms with Gasteiger partial charge in [0.05, 0.1) is 23.1 Å². The molecule has 0 unspecified atom stereocenters. The Bertz CT molecular complexity index is 1570. The van der Waals surface area contributed by atoms with E-state index in [1.807, 2.05) is 91.0 Å². The normalized spacial score (nSPS) is 18.3. The number of H-pyrrole nitrogens is 1. The first kappa shape index (κ1) is 29.2. The lowest BCUT2D eigenvalue weighted by Gasteiger charge is -2.26. The summed E-state index contributed by atoms with van der Waals surface area (Å²) in [5, 5.41) is 2.96. The second-order valence-electron chi connectivity index (χ2n) is 9.98. The Balaban J connectivity index is 1.42. The van der Waals surface area contributed by atoms with E-state index in [0.717, 1.165) is 15.9 Å². The number of aryl methyl sites for hydroxylation is 1. The van der Waals surface area contributed by atoms with Crippen molar-refractivity contribution in [3.8, 4) is 0 Å². The van der Waals surface area contributed by atoms with Crippen molar-refractivity contribution in [2.45, 2.75) is 38.7 Å². The zero-order valence-corrected chi connectivity index (χ0v) is 24.1. The molecule has 1 saturated heterocycles. The summed E-state index contributed by atoms with van der Waals surface area (Å²) in [5.41, 5.74) is -0.810. The summed E-state index contributed by atoms with van der Waals surface area (Å²) in [6.45, 7) is 4.30. The minimum absolute atomic E-state index is 0.145. The second-order valence-corrected chi connectivity index (χ2v) is 13.2. The molecule has 2 heterocycles. The third kappa shape index (κ3) is 6.15. The molecule has 1 aliphatic rings. The van der Waals surface area contributed by atoms with Gasteiger partial charge in [-0.1, -0.05) is 54.6 Å². The Kier molecular flexibility index (Phi) is 8.85. The van der Waals surface area contributed by atoms with Crippen molar-refractivity contribution in [1.29, 1.82) is 0 Å². The lowest BCUT2D eigenvalue weighted by atomic mass is 10.1. The number of rotatable bonds is 9. The molecular weight excluding hydrogens is 554 g/mol. The van der Waals surface area contributed by atoms with Crippen LogP contribution in [0.25, 0.3) is 0 Å². The van der Waals surface area contributed by atoms with Gasteiger partial charge >= 0.3 is 24.5 Å². The highest BCUT2D eigenvalue weighted by atomic mass is 31.2. The van der Waals surface area contributed by atoms with Gasteiger partial charge in [-0.3, -0.25) is 23.9 Å². The summed E-state index contributed by atoms with van der Waals surface area (Å²) in [4.78, 5) is 52.1. The van der Waals surface area contributed by atoms with Crippen LogP contribution in [0.15, 0.2) is 107 Å². The monoisotopic (exact) mass is 584 g/mol. The van der Waals surface area contributed by atoms with Crippen molar-refractivity contribution in [1.82, 2.24) is 9.55 Å². The van der Waals surface area contributed by atoms with Crippen LogP contribution in [0.4, 0.5) is 4.79 Å². The number of benzene rings is 3. The Morgan fingerprint density at radius 3 is 1.95 bits per heavy atom. The van der Waals surface area contributed by atoms with Crippen LogP contribution < -0.4 is 27.2 Å². The fourth-order valence-corrected chi connectivity index (χ4v) is 8.84. The van der Waals surface area contributed by atoms with Gasteiger partial charge in [-0.05, 0) is 43.3 Å². The van der Waals surface area contributed by atoms with Crippen molar-refractivity contribution < 1.29 is 23.8 Å². The highest BCUT2D eigenvalue weighted by Gasteiger charge is 2.51. The molecule has 0 aliphatic carbocycles. The molecule has 4 aromatic rings. The molecule has 1 aromatic heterocycles. The lowest BCUT2D eigenvalue weighted by molar-refractivity contribution is -0.150. The Labute approximate surface area is 244 Å². The van der Waals surface area contributed by atoms with Crippen LogP contribution in [-0.4, -0.2) is 47.2 Å². The third-order valence-electron chi connectivity index (χ3n) is 7.13. The van der Waals surface area contributed by atoms with Crippen LogP contribution in [0.5, 0.6) is 0 Å². The van der Waals surface area contributed by atoms with Gasteiger partial charge in [0.25, 0.3) is 5.56 Å². The number of carbonyl (C=O) groups excluding carboxylic acids is 2.